The van der Waals surface area contributed by atoms with Crippen LogP contribution in [0, 0.1) is 5.41 Å². The number of amides is 1. The quantitative estimate of drug-likeness (QED) is 0.338. The minimum atomic E-state index is -0.548. The zero-order valence-electron chi connectivity index (χ0n) is 14.5. The molecule has 0 aromatic heterocycles. The average molecular weight is 487 g/mol. The molecule has 0 aliphatic rings. The van der Waals surface area contributed by atoms with Crippen LogP contribution in [0.4, 0.5) is 0 Å². The highest BCUT2D eigenvalue weighted by Crippen LogP contribution is 2.26. The summed E-state index contributed by atoms with van der Waals surface area (Å²) < 4.78 is 0. The van der Waals surface area contributed by atoms with E-state index in [4.69, 9.17) is 23.2 Å². The van der Waals surface area contributed by atoms with Crippen molar-refractivity contribution in [3.63, 3.8) is 0 Å². The molecule has 0 saturated carbocycles. The Morgan fingerprint density at radius 2 is 1.96 bits per heavy atom. The van der Waals surface area contributed by atoms with Gasteiger partial charge in [0.1, 0.15) is 0 Å². The molecule has 0 aliphatic carbocycles. The molecule has 8 heteroatoms. The van der Waals surface area contributed by atoms with Crippen LogP contribution in [-0.2, 0) is 4.79 Å². The Balaban J connectivity index is 0.00000529. The largest absolute Gasteiger partial charge is 0.359 e. The van der Waals surface area contributed by atoms with Crippen molar-refractivity contribution in [1.82, 2.24) is 16.0 Å². The van der Waals surface area contributed by atoms with Crippen LogP contribution in [-0.4, -0.2) is 32.5 Å². The summed E-state index contributed by atoms with van der Waals surface area (Å²) in [7, 11) is 3.31. The molecule has 3 N–H and O–H groups in total. The van der Waals surface area contributed by atoms with E-state index in [0.717, 1.165) is 5.56 Å². The Morgan fingerprint density at radius 3 is 2.46 bits per heavy atom. The van der Waals surface area contributed by atoms with Gasteiger partial charge in [0, 0.05) is 30.7 Å². The molecule has 0 bridgehead atoms. The van der Waals surface area contributed by atoms with E-state index < -0.39 is 5.41 Å². The zero-order valence-corrected chi connectivity index (χ0v) is 18.4. The summed E-state index contributed by atoms with van der Waals surface area (Å²) in [4.78, 5) is 16.0. The average Bonchev–Trinajstić information content (AvgIpc) is 2.50. The van der Waals surface area contributed by atoms with Crippen molar-refractivity contribution in [2.24, 2.45) is 10.4 Å². The molecule has 0 fully saturated rings. The highest BCUT2D eigenvalue weighted by molar-refractivity contribution is 14.0. The van der Waals surface area contributed by atoms with Gasteiger partial charge in [0.05, 0.1) is 11.5 Å². The van der Waals surface area contributed by atoms with Gasteiger partial charge in [-0.2, -0.15) is 0 Å². The maximum atomic E-state index is 11.8. The van der Waals surface area contributed by atoms with Gasteiger partial charge in [-0.3, -0.25) is 9.79 Å². The number of carbonyl (C=O) groups is 1. The van der Waals surface area contributed by atoms with Gasteiger partial charge in [-0.1, -0.05) is 29.3 Å². The monoisotopic (exact) mass is 486 g/mol. The summed E-state index contributed by atoms with van der Waals surface area (Å²) in [5.41, 5.74) is 0.373. The van der Waals surface area contributed by atoms with E-state index in [1.807, 2.05) is 26.8 Å². The van der Waals surface area contributed by atoms with Gasteiger partial charge in [0.15, 0.2) is 5.96 Å². The number of carbonyl (C=O) groups excluding carboxylic acids is 1. The molecule has 24 heavy (non-hydrogen) atoms. The predicted molar refractivity (Wildman–Crippen MR) is 113 cm³/mol. The lowest BCUT2D eigenvalue weighted by molar-refractivity contribution is -0.128. The molecule has 0 aliphatic heterocycles. The highest BCUT2D eigenvalue weighted by atomic mass is 127. The topological polar surface area (TPSA) is 65.5 Å². The SMILES string of the molecule is CN=C(NCC(C)(C)C(=O)NC)NC(C)c1ccc(Cl)cc1Cl.I. The third-order valence-electron chi connectivity index (χ3n) is 3.55. The number of benzene rings is 1. The lowest BCUT2D eigenvalue weighted by Crippen LogP contribution is -2.47. The highest BCUT2D eigenvalue weighted by Gasteiger charge is 2.26. The third-order valence-corrected chi connectivity index (χ3v) is 4.11. The summed E-state index contributed by atoms with van der Waals surface area (Å²) in [6.45, 7) is 6.16. The standard InChI is InChI=1S/C16H24Cl2N4O.HI/c1-10(12-7-6-11(17)8-13(12)18)22-15(20-5)21-9-16(2,3)14(23)19-4;/h6-8,10H,9H2,1-5H3,(H,19,23)(H2,20,21,22);1H. The van der Waals surface area contributed by atoms with Crippen LogP contribution in [0.25, 0.3) is 0 Å². The molecule has 1 atom stereocenters. The summed E-state index contributed by atoms with van der Waals surface area (Å²) in [6, 6.07) is 5.33. The molecule has 0 radical (unpaired) electrons. The number of guanidine groups is 1. The van der Waals surface area contributed by atoms with Crippen molar-refractivity contribution in [2.45, 2.75) is 26.8 Å². The Bertz CT molecular complexity index is 593. The van der Waals surface area contributed by atoms with E-state index in [9.17, 15) is 4.79 Å². The fourth-order valence-corrected chi connectivity index (χ4v) is 2.63. The number of halogens is 3. The number of aliphatic imine (C=N–C) groups is 1. The number of nitrogens with zero attached hydrogens (tertiary/aromatic N) is 1. The van der Waals surface area contributed by atoms with Crippen molar-refractivity contribution in [1.29, 1.82) is 0 Å². The van der Waals surface area contributed by atoms with E-state index >= 15 is 0 Å². The van der Waals surface area contributed by atoms with Crippen molar-refractivity contribution in [3.8, 4) is 0 Å². The van der Waals surface area contributed by atoms with Crippen molar-refractivity contribution >= 4 is 59.0 Å². The van der Waals surface area contributed by atoms with Gasteiger partial charge in [0.25, 0.3) is 0 Å². The minimum absolute atomic E-state index is 0. The number of hydrogen-bond acceptors (Lipinski definition) is 2. The van der Waals surface area contributed by atoms with Crippen LogP contribution >= 0.6 is 47.2 Å². The van der Waals surface area contributed by atoms with Crippen molar-refractivity contribution in [2.75, 3.05) is 20.6 Å². The summed E-state index contributed by atoms with van der Waals surface area (Å²) in [6.07, 6.45) is 0. The second-order valence-electron chi connectivity index (χ2n) is 5.92. The van der Waals surface area contributed by atoms with E-state index in [1.54, 1.807) is 26.2 Å². The molecule has 1 aromatic carbocycles. The second-order valence-corrected chi connectivity index (χ2v) is 6.76. The third kappa shape index (κ3) is 6.64. The fourth-order valence-electron chi connectivity index (χ4n) is 2.05. The molecule has 0 saturated heterocycles. The molecule has 1 aromatic rings. The predicted octanol–water partition coefficient (Wildman–Crippen LogP) is 3.61. The first kappa shape index (κ1) is 23.3. The van der Waals surface area contributed by atoms with Gasteiger partial charge >= 0.3 is 0 Å². The first-order valence-corrected chi connectivity index (χ1v) is 8.11. The van der Waals surface area contributed by atoms with Crippen LogP contribution < -0.4 is 16.0 Å². The normalized spacial score (nSPS) is 12.9. The first-order chi connectivity index (χ1) is 10.7. The van der Waals surface area contributed by atoms with E-state index in [0.29, 0.717) is 22.5 Å². The van der Waals surface area contributed by atoms with E-state index in [1.165, 1.54) is 0 Å². The Labute approximate surface area is 171 Å². The van der Waals surface area contributed by atoms with Crippen LogP contribution in [0.5, 0.6) is 0 Å². The fraction of sp³-hybridized carbons (Fsp3) is 0.500. The lowest BCUT2D eigenvalue weighted by Gasteiger charge is -2.25. The molecule has 136 valence electrons. The number of nitrogens with one attached hydrogen (secondary N) is 3. The van der Waals surface area contributed by atoms with E-state index in [2.05, 4.69) is 20.9 Å². The first-order valence-electron chi connectivity index (χ1n) is 7.35. The van der Waals surface area contributed by atoms with Crippen LogP contribution in [0.1, 0.15) is 32.4 Å². The number of hydrogen-bond donors (Lipinski definition) is 3. The van der Waals surface area contributed by atoms with Crippen LogP contribution in [0.3, 0.4) is 0 Å². The molecule has 5 nitrogen and oxygen atoms in total. The van der Waals surface area contributed by atoms with Crippen molar-refractivity contribution in [3.05, 3.63) is 33.8 Å². The lowest BCUT2D eigenvalue weighted by atomic mass is 9.92. The second kappa shape index (κ2) is 10.3. The molecular formula is C16H25Cl2IN4O. The zero-order chi connectivity index (χ0) is 17.6. The molecular weight excluding hydrogens is 462 g/mol. The van der Waals surface area contributed by atoms with Gasteiger partial charge < -0.3 is 16.0 Å². The van der Waals surface area contributed by atoms with Gasteiger partial charge in [-0.25, -0.2) is 0 Å². The summed E-state index contributed by atoms with van der Waals surface area (Å²) >= 11 is 12.1. The summed E-state index contributed by atoms with van der Waals surface area (Å²) in [5, 5.41) is 10.3. The maximum absolute atomic E-state index is 11.8. The smallest absolute Gasteiger partial charge is 0.227 e. The van der Waals surface area contributed by atoms with Gasteiger partial charge in [-0.05, 0) is 38.5 Å². The molecule has 0 heterocycles. The molecule has 1 amide bonds. The Kier molecular flexibility index (Phi) is 9.99. The molecule has 0 spiro atoms. The number of rotatable bonds is 5. The minimum Gasteiger partial charge on any atom is -0.359 e. The Hall–Kier alpha value is -0.730. The van der Waals surface area contributed by atoms with E-state index in [-0.39, 0.29) is 35.9 Å². The van der Waals surface area contributed by atoms with Crippen LogP contribution in [0.2, 0.25) is 10.0 Å². The van der Waals surface area contributed by atoms with Gasteiger partial charge in [0.2, 0.25) is 5.91 Å². The molecule has 1 unspecified atom stereocenters. The van der Waals surface area contributed by atoms with Crippen molar-refractivity contribution < 1.29 is 4.79 Å². The van der Waals surface area contributed by atoms with Gasteiger partial charge in [-0.15, -0.1) is 24.0 Å². The van der Waals surface area contributed by atoms with Crippen LogP contribution in [0.15, 0.2) is 23.2 Å². The molecule has 1 rings (SSSR count). The Morgan fingerprint density at radius 1 is 1.33 bits per heavy atom. The summed E-state index contributed by atoms with van der Waals surface area (Å²) in [5.74, 6) is 0.565. The maximum Gasteiger partial charge on any atom is 0.227 e.